The van der Waals surface area contributed by atoms with Crippen LogP contribution in [-0.4, -0.2) is 36.2 Å². The molecule has 1 heterocycles. The highest BCUT2D eigenvalue weighted by Gasteiger charge is 2.10. The van der Waals surface area contributed by atoms with Gasteiger partial charge in [0.25, 0.3) is 0 Å². The molecule has 0 aliphatic rings. The smallest absolute Gasteiger partial charge is 0.227 e. The molecule has 0 saturated carbocycles. The number of nitrogens with zero attached hydrogens (tertiary/aromatic N) is 2. The third-order valence-corrected chi connectivity index (χ3v) is 2.85. The van der Waals surface area contributed by atoms with Crippen molar-refractivity contribution in [1.29, 1.82) is 0 Å². The summed E-state index contributed by atoms with van der Waals surface area (Å²) in [7, 11) is 1.61. The van der Waals surface area contributed by atoms with Gasteiger partial charge in [-0.25, -0.2) is 0 Å². The zero-order chi connectivity index (χ0) is 15.1. The van der Waals surface area contributed by atoms with E-state index in [0.717, 1.165) is 11.3 Å². The Morgan fingerprint density at radius 1 is 1.36 bits per heavy atom. The maximum atomic E-state index is 11.5. The van der Waals surface area contributed by atoms with Crippen LogP contribution in [-0.2, 0) is 11.2 Å². The number of halogens is 1. The van der Waals surface area contributed by atoms with Crippen molar-refractivity contribution < 1.29 is 14.1 Å². The highest BCUT2D eigenvalue weighted by atomic mass is 35.5. The molecule has 0 spiro atoms. The molecule has 7 nitrogen and oxygen atoms in total. The fourth-order valence-corrected chi connectivity index (χ4v) is 1.73. The predicted octanol–water partition coefficient (Wildman–Crippen LogP) is 1.17. The Morgan fingerprint density at radius 3 is 2.73 bits per heavy atom. The molecule has 1 amide bonds. The van der Waals surface area contributed by atoms with Crippen molar-refractivity contribution in [3.8, 4) is 17.1 Å². The van der Waals surface area contributed by atoms with Gasteiger partial charge < -0.3 is 20.3 Å². The summed E-state index contributed by atoms with van der Waals surface area (Å²) in [4.78, 5) is 15.7. The molecule has 0 radical (unpaired) electrons. The molecule has 1 aromatic heterocycles. The molecule has 0 saturated heterocycles. The van der Waals surface area contributed by atoms with E-state index in [-0.39, 0.29) is 18.3 Å². The van der Waals surface area contributed by atoms with E-state index in [9.17, 15) is 4.79 Å². The van der Waals surface area contributed by atoms with Crippen LogP contribution in [0.1, 0.15) is 12.3 Å². The fourth-order valence-electron chi connectivity index (χ4n) is 1.73. The number of hydrogen-bond donors (Lipinski definition) is 2. The van der Waals surface area contributed by atoms with Crippen molar-refractivity contribution in [3.05, 3.63) is 30.2 Å². The van der Waals surface area contributed by atoms with Crippen LogP contribution in [0.2, 0.25) is 0 Å². The Labute approximate surface area is 134 Å². The van der Waals surface area contributed by atoms with Gasteiger partial charge in [0.05, 0.1) is 7.11 Å². The van der Waals surface area contributed by atoms with E-state index < -0.39 is 0 Å². The first kappa shape index (κ1) is 17.9. The van der Waals surface area contributed by atoms with E-state index in [1.54, 1.807) is 7.11 Å². The minimum Gasteiger partial charge on any atom is -0.497 e. The second kappa shape index (κ2) is 9.01. The molecule has 0 aliphatic carbocycles. The molecule has 3 N–H and O–H groups in total. The average molecular weight is 327 g/mol. The lowest BCUT2D eigenvalue weighted by atomic mass is 10.2. The lowest BCUT2D eigenvalue weighted by molar-refractivity contribution is -0.121. The number of carbonyl (C=O) groups is 1. The molecule has 2 rings (SSSR count). The minimum atomic E-state index is -0.0790. The molecular weight excluding hydrogens is 308 g/mol. The summed E-state index contributed by atoms with van der Waals surface area (Å²) in [6.45, 7) is 0.897. The van der Waals surface area contributed by atoms with Gasteiger partial charge in [-0.3, -0.25) is 4.79 Å². The van der Waals surface area contributed by atoms with Crippen LogP contribution in [0.15, 0.2) is 28.8 Å². The van der Waals surface area contributed by atoms with Crippen molar-refractivity contribution in [2.75, 3.05) is 20.2 Å². The molecule has 0 aliphatic heterocycles. The monoisotopic (exact) mass is 326 g/mol. The fraction of sp³-hybridized carbons (Fsp3) is 0.357. The Balaban J connectivity index is 0.00000242. The third kappa shape index (κ3) is 5.01. The number of rotatable bonds is 7. The number of nitrogens with one attached hydrogen (secondary N) is 1. The second-order valence-corrected chi connectivity index (χ2v) is 4.38. The highest BCUT2D eigenvalue weighted by molar-refractivity contribution is 5.85. The summed E-state index contributed by atoms with van der Waals surface area (Å²) >= 11 is 0. The first-order valence-corrected chi connectivity index (χ1v) is 6.66. The SMILES string of the molecule is COc1ccc(-c2noc(CCC(=O)NCCN)n2)cc1.Cl. The minimum absolute atomic E-state index is 0. The molecule has 2 aromatic rings. The highest BCUT2D eigenvalue weighted by Crippen LogP contribution is 2.19. The van der Waals surface area contributed by atoms with E-state index in [2.05, 4.69) is 15.5 Å². The van der Waals surface area contributed by atoms with Gasteiger partial charge >= 0.3 is 0 Å². The van der Waals surface area contributed by atoms with E-state index in [1.807, 2.05) is 24.3 Å². The zero-order valence-electron chi connectivity index (χ0n) is 12.2. The summed E-state index contributed by atoms with van der Waals surface area (Å²) in [6.07, 6.45) is 0.698. The first-order chi connectivity index (χ1) is 10.2. The summed E-state index contributed by atoms with van der Waals surface area (Å²) in [5.74, 6) is 1.61. The number of benzene rings is 1. The van der Waals surface area contributed by atoms with Crippen LogP contribution < -0.4 is 15.8 Å². The molecular formula is C14H19ClN4O3. The Kier molecular flexibility index (Phi) is 7.34. The number of ether oxygens (including phenoxy) is 1. The summed E-state index contributed by atoms with van der Waals surface area (Å²) in [5.41, 5.74) is 6.14. The van der Waals surface area contributed by atoms with Gasteiger partial charge in [-0.15, -0.1) is 12.4 Å². The molecule has 120 valence electrons. The lowest BCUT2D eigenvalue weighted by Gasteiger charge is -2.00. The van der Waals surface area contributed by atoms with Gasteiger partial charge in [0, 0.05) is 31.5 Å². The third-order valence-electron chi connectivity index (χ3n) is 2.85. The number of methoxy groups -OCH3 is 1. The summed E-state index contributed by atoms with van der Waals surface area (Å²) in [6, 6.07) is 7.35. The number of nitrogens with two attached hydrogens (primary N) is 1. The quantitative estimate of drug-likeness (QED) is 0.791. The van der Waals surface area contributed by atoms with Crippen LogP contribution in [0.25, 0.3) is 11.4 Å². The molecule has 0 unspecified atom stereocenters. The van der Waals surface area contributed by atoms with Gasteiger partial charge in [0.2, 0.25) is 17.6 Å². The second-order valence-electron chi connectivity index (χ2n) is 4.38. The molecule has 0 bridgehead atoms. The largest absolute Gasteiger partial charge is 0.497 e. The topological polar surface area (TPSA) is 103 Å². The van der Waals surface area contributed by atoms with Crippen molar-refractivity contribution in [1.82, 2.24) is 15.5 Å². The normalized spacial score (nSPS) is 9.91. The number of aryl methyl sites for hydroxylation is 1. The Bertz CT molecular complexity index is 586. The maximum absolute atomic E-state index is 11.5. The van der Waals surface area contributed by atoms with E-state index in [0.29, 0.717) is 37.6 Å². The number of carbonyl (C=O) groups excluding carboxylic acids is 1. The standard InChI is InChI=1S/C14H18N4O3.ClH/c1-20-11-4-2-10(3-5-11)14-17-13(21-18-14)7-6-12(19)16-9-8-15;/h2-5H,6-9,15H2,1H3,(H,16,19);1H. The van der Waals surface area contributed by atoms with Crippen LogP contribution >= 0.6 is 12.4 Å². The maximum Gasteiger partial charge on any atom is 0.227 e. The molecule has 1 aromatic carbocycles. The van der Waals surface area contributed by atoms with Crippen molar-refractivity contribution in [2.45, 2.75) is 12.8 Å². The van der Waals surface area contributed by atoms with Gasteiger partial charge in [-0.2, -0.15) is 4.98 Å². The summed E-state index contributed by atoms with van der Waals surface area (Å²) in [5, 5.41) is 6.59. The van der Waals surface area contributed by atoms with Gasteiger partial charge in [-0.1, -0.05) is 5.16 Å². The average Bonchev–Trinajstić information content (AvgIpc) is 3.00. The Hall–Kier alpha value is -2.12. The van der Waals surface area contributed by atoms with E-state index in [1.165, 1.54) is 0 Å². The molecule has 0 fully saturated rings. The van der Waals surface area contributed by atoms with Crippen LogP contribution in [0.4, 0.5) is 0 Å². The van der Waals surface area contributed by atoms with Gasteiger partial charge in [-0.05, 0) is 24.3 Å². The van der Waals surface area contributed by atoms with E-state index in [4.69, 9.17) is 15.0 Å². The number of aromatic nitrogens is 2. The van der Waals surface area contributed by atoms with E-state index >= 15 is 0 Å². The van der Waals surface area contributed by atoms with Crippen molar-refractivity contribution in [3.63, 3.8) is 0 Å². The summed E-state index contributed by atoms with van der Waals surface area (Å²) < 4.78 is 10.2. The molecule has 22 heavy (non-hydrogen) atoms. The predicted molar refractivity (Wildman–Crippen MR) is 83.9 cm³/mol. The Morgan fingerprint density at radius 2 is 2.09 bits per heavy atom. The van der Waals surface area contributed by atoms with Crippen LogP contribution in [0.3, 0.4) is 0 Å². The zero-order valence-corrected chi connectivity index (χ0v) is 13.1. The lowest BCUT2D eigenvalue weighted by Crippen LogP contribution is -2.29. The van der Waals surface area contributed by atoms with Crippen molar-refractivity contribution >= 4 is 18.3 Å². The van der Waals surface area contributed by atoms with Gasteiger partial charge in [0.15, 0.2) is 0 Å². The number of amides is 1. The number of hydrogen-bond acceptors (Lipinski definition) is 6. The van der Waals surface area contributed by atoms with Gasteiger partial charge in [0.1, 0.15) is 5.75 Å². The first-order valence-electron chi connectivity index (χ1n) is 6.66. The molecule has 8 heteroatoms. The van der Waals surface area contributed by atoms with Crippen molar-refractivity contribution in [2.24, 2.45) is 5.73 Å². The van der Waals surface area contributed by atoms with Crippen LogP contribution in [0.5, 0.6) is 5.75 Å². The molecule has 0 atom stereocenters. The van der Waals surface area contributed by atoms with Crippen LogP contribution in [0, 0.1) is 0 Å².